The van der Waals surface area contributed by atoms with E-state index < -0.39 is 28.3 Å². The smallest absolute Gasteiger partial charge is 0.322 e. The first-order chi connectivity index (χ1) is 8.84. The van der Waals surface area contributed by atoms with E-state index >= 15 is 0 Å². The summed E-state index contributed by atoms with van der Waals surface area (Å²) >= 11 is 0. The number of β-amino-alcohol motifs (C(OH)–C–C–N with tert-alkyl or cyclic N) is 1. The van der Waals surface area contributed by atoms with Crippen LogP contribution in [0.3, 0.4) is 0 Å². The quantitative estimate of drug-likeness (QED) is 0.739. The third-order valence-corrected chi connectivity index (χ3v) is 5.98. The number of carboxylic acid groups (broad SMARTS) is 1. The molecule has 2 aliphatic rings. The van der Waals surface area contributed by atoms with Crippen LogP contribution in [-0.4, -0.2) is 64.5 Å². The van der Waals surface area contributed by atoms with Gasteiger partial charge in [0.05, 0.1) is 6.10 Å². The summed E-state index contributed by atoms with van der Waals surface area (Å²) in [5, 5.41) is 18.7. The number of aliphatic hydroxyl groups is 1. The van der Waals surface area contributed by atoms with Gasteiger partial charge in [-0.1, -0.05) is 6.42 Å². The predicted molar refractivity (Wildman–Crippen MR) is 67.7 cm³/mol. The number of nitrogens with zero attached hydrogens (tertiary/aromatic N) is 2. The van der Waals surface area contributed by atoms with Crippen molar-refractivity contribution in [1.29, 1.82) is 0 Å². The fraction of sp³-hybridized carbons (Fsp3) is 0.909. The van der Waals surface area contributed by atoms with Crippen LogP contribution in [0.25, 0.3) is 0 Å². The summed E-state index contributed by atoms with van der Waals surface area (Å²) in [6, 6.07) is -1.28. The van der Waals surface area contributed by atoms with Crippen LogP contribution in [0.15, 0.2) is 0 Å². The van der Waals surface area contributed by atoms with E-state index in [1.54, 1.807) is 0 Å². The van der Waals surface area contributed by atoms with Gasteiger partial charge in [0.2, 0.25) is 0 Å². The number of aliphatic carboxylic acids is 1. The van der Waals surface area contributed by atoms with E-state index in [0.29, 0.717) is 6.54 Å². The highest BCUT2D eigenvalue weighted by atomic mass is 32.2. The molecule has 2 fully saturated rings. The van der Waals surface area contributed by atoms with Crippen LogP contribution in [0.1, 0.15) is 32.6 Å². The van der Waals surface area contributed by atoms with E-state index in [4.69, 9.17) is 5.11 Å². The first kappa shape index (κ1) is 14.7. The van der Waals surface area contributed by atoms with Gasteiger partial charge in [0.15, 0.2) is 0 Å². The summed E-state index contributed by atoms with van der Waals surface area (Å²) in [7, 11) is -3.81. The summed E-state index contributed by atoms with van der Waals surface area (Å²) in [4.78, 5) is 11.1. The van der Waals surface area contributed by atoms with Gasteiger partial charge in [-0.15, -0.1) is 0 Å². The van der Waals surface area contributed by atoms with Gasteiger partial charge >= 0.3 is 5.97 Å². The van der Waals surface area contributed by atoms with E-state index in [-0.39, 0.29) is 19.0 Å². The number of carbonyl (C=O) groups is 1. The van der Waals surface area contributed by atoms with Crippen molar-refractivity contribution in [1.82, 2.24) is 8.61 Å². The standard InChI is InChI=1S/C11H20N2O5S/c1-8-4-2-3-5-12(8)19(17,18)13-7-9(14)6-10(13)11(15)16/h8-10,14H,2-7H2,1H3,(H,15,16)/t8?,9?,10-/m1/s1. The molecule has 2 N–H and O–H groups in total. The highest BCUT2D eigenvalue weighted by molar-refractivity contribution is 7.86. The lowest BCUT2D eigenvalue weighted by Gasteiger charge is -2.36. The number of piperidine rings is 1. The van der Waals surface area contributed by atoms with Crippen molar-refractivity contribution in [2.75, 3.05) is 13.1 Å². The summed E-state index contributed by atoms with van der Waals surface area (Å²) in [5.74, 6) is -1.20. The molecule has 8 heteroatoms. The molecule has 2 aliphatic heterocycles. The van der Waals surface area contributed by atoms with Gasteiger partial charge < -0.3 is 10.2 Å². The van der Waals surface area contributed by atoms with Crippen molar-refractivity contribution in [3.05, 3.63) is 0 Å². The third kappa shape index (κ3) is 2.76. The Morgan fingerprint density at radius 2 is 1.95 bits per heavy atom. The normalized spacial score (nSPS) is 34.5. The van der Waals surface area contributed by atoms with Crippen molar-refractivity contribution in [2.24, 2.45) is 0 Å². The number of aliphatic hydroxyl groups excluding tert-OH is 1. The lowest BCUT2D eigenvalue weighted by molar-refractivity contribution is -0.140. The lowest BCUT2D eigenvalue weighted by Crippen LogP contribution is -2.52. The molecule has 0 aromatic carbocycles. The monoisotopic (exact) mass is 292 g/mol. The third-order valence-electron chi connectivity index (χ3n) is 3.85. The van der Waals surface area contributed by atoms with Crippen LogP contribution in [0, 0.1) is 0 Å². The molecular formula is C11H20N2O5S. The zero-order valence-corrected chi connectivity index (χ0v) is 11.7. The molecule has 0 aliphatic carbocycles. The van der Waals surface area contributed by atoms with Crippen LogP contribution >= 0.6 is 0 Å². The van der Waals surface area contributed by atoms with Crippen molar-refractivity contribution >= 4 is 16.2 Å². The van der Waals surface area contributed by atoms with E-state index in [0.717, 1.165) is 23.6 Å². The molecule has 7 nitrogen and oxygen atoms in total. The van der Waals surface area contributed by atoms with E-state index in [1.807, 2.05) is 6.92 Å². The fourth-order valence-electron chi connectivity index (χ4n) is 2.81. The average molecular weight is 292 g/mol. The molecule has 0 spiro atoms. The number of hydrogen-bond donors (Lipinski definition) is 2. The van der Waals surface area contributed by atoms with Crippen molar-refractivity contribution in [2.45, 2.75) is 50.8 Å². The maximum Gasteiger partial charge on any atom is 0.322 e. The zero-order valence-electron chi connectivity index (χ0n) is 10.9. The van der Waals surface area contributed by atoms with Crippen LogP contribution in [0.4, 0.5) is 0 Å². The second-order valence-electron chi connectivity index (χ2n) is 5.28. The Morgan fingerprint density at radius 1 is 1.26 bits per heavy atom. The van der Waals surface area contributed by atoms with Gasteiger partial charge in [-0.05, 0) is 19.8 Å². The second kappa shape index (κ2) is 5.35. The molecule has 2 saturated heterocycles. The molecule has 2 heterocycles. The molecule has 0 radical (unpaired) electrons. The summed E-state index contributed by atoms with van der Waals surface area (Å²) in [6.07, 6.45) is 1.61. The minimum atomic E-state index is -3.81. The lowest BCUT2D eigenvalue weighted by atomic mass is 10.1. The number of hydrogen-bond acceptors (Lipinski definition) is 4. The summed E-state index contributed by atoms with van der Waals surface area (Å²) in [6.45, 7) is 2.12. The van der Waals surface area contributed by atoms with Crippen molar-refractivity contribution < 1.29 is 23.4 Å². The number of rotatable bonds is 3. The first-order valence-electron chi connectivity index (χ1n) is 6.53. The molecule has 0 aromatic heterocycles. The minimum absolute atomic E-state index is 0.0449. The summed E-state index contributed by atoms with van der Waals surface area (Å²) in [5.41, 5.74) is 0. The molecule has 19 heavy (non-hydrogen) atoms. The second-order valence-corrected chi connectivity index (χ2v) is 7.11. The maximum absolute atomic E-state index is 12.5. The van der Waals surface area contributed by atoms with Crippen LogP contribution in [0.2, 0.25) is 0 Å². The van der Waals surface area contributed by atoms with Gasteiger partial charge in [0.1, 0.15) is 6.04 Å². The van der Waals surface area contributed by atoms with E-state index in [9.17, 15) is 18.3 Å². The SMILES string of the molecule is CC1CCCCN1S(=O)(=O)N1CC(O)C[C@@H]1C(=O)O. The van der Waals surface area contributed by atoms with Crippen LogP contribution < -0.4 is 0 Å². The highest BCUT2D eigenvalue weighted by Gasteiger charge is 2.46. The minimum Gasteiger partial charge on any atom is -0.480 e. The van der Waals surface area contributed by atoms with Crippen LogP contribution in [0.5, 0.6) is 0 Å². The molecule has 110 valence electrons. The van der Waals surface area contributed by atoms with E-state index in [2.05, 4.69) is 0 Å². The predicted octanol–water partition coefficient (Wildman–Crippen LogP) is -0.375. The molecule has 2 rings (SSSR count). The Morgan fingerprint density at radius 3 is 2.53 bits per heavy atom. The molecule has 0 aromatic rings. The van der Waals surface area contributed by atoms with Crippen LogP contribution in [-0.2, 0) is 15.0 Å². The molecule has 0 saturated carbocycles. The topological polar surface area (TPSA) is 98.2 Å². The Balaban J connectivity index is 2.25. The number of carboxylic acids is 1. The van der Waals surface area contributed by atoms with E-state index in [1.165, 1.54) is 4.31 Å². The van der Waals surface area contributed by atoms with Gasteiger partial charge in [0, 0.05) is 25.6 Å². The molecular weight excluding hydrogens is 272 g/mol. The van der Waals surface area contributed by atoms with Gasteiger partial charge in [-0.2, -0.15) is 17.0 Å². The molecule has 2 unspecified atom stereocenters. The largest absolute Gasteiger partial charge is 0.480 e. The fourth-order valence-corrected chi connectivity index (χ4v) is 4.86. The first-order valence-corrected chi connectivity index (χ1v) is 7.93. The summed E-state index contributed by atoms with van der Waals surface area (Å²) < 4.78 is 27.4. The Labute approximate surface area is 113 Å². The average Bonchev–Trinajstić information content (AvgIpc) is 2.72. The molecule has 0 amide bonds. The Bertz CT molecular complexity index is 452. The molecule has 3 atom stereocenters. The van der Waals surface area contributed by atoms with Gasteiger partial charge in [-0.3, -0.25) is 4.79 Å². The maximum atomic E-state index is 12.5. The highest BCUT2D eigenvalue weighted by Crippen LogP contribution is 2.28. The van der Waals surface area contributed by atoms with Gasteiger partial charge in [0.25, 0.3) is 10.2 Å². The zero-order chi connectivity index (χ0) is 14.2. The molecule has 0 bridgehead atoms. The van der Waals surface area contributed by atoms with Crippen molar-refractivity contribution in [3.8, 4) is 0 Å². The Kier molecular flexibility index (Phi) is 4.14. The Hall–Kier alpha value is -0.700. The van der Waals surface area contributed by atoms with Gasteiger partial charge in [-0.25, -0.2) is 0 Å². The van der Waals surface area contributed by atoms with Crippen molar-refractivity contribution in [3.63, 3.8) is 0 Å².